The van der Waals surface area contributed by atoms with Crippen LogP contribution in [0.3, 0.4) is 0 Å². The number of nitrogen functional groups attached to an aromatic ring is 1. The van der Waals surface area contributed by atoms with Gasteiger partial charge in [0.1, 0.15) is 5.82 Å². The number of rotatable bonds is 6. The first-order chi connectivity index (χ1) is 9.25. The highest BCUT2D eigenvalue weighted by atomic mass is 32.2. The van der Waals surface area contributed by atoms with Crippen LogP contribution < -0.4 is 16.0 Å². The van der Waals surface area contributed by atoms with Gasteiger partial charge in [0, 0.05) is 12.6 Å². The quantitative estimate of drug-likeness (QED) is 0.361. The molecule has 0 aliphatic heterocycles. The Kier molecular flexibility index (Phi) is 4.58. The zero-order valence-corrected chi connectivity index (χ0v) is 11.6. The van der Waals surface area contributed by atoms with E-state index in [0.717, 1.165) is 13.0 Å². The van der Waals surface area contributed by atoms with Crippen molar-refractivity contribution in [3.05, 3.63) is 18.5 Å². The van der Waals surface area contributed by atoms with Crippen molar-refractivity contribution in [3.63, 3.8) is 0 Å². The van der Waals surface area contributed by atoms with Crippen LogP contribution in [0.5, 0.6) is 11.6 Å². The zero-order valence-electron chi connectivity index (χ0n) is 10.8. The van der Waals surface area contributed by atoms with Crippen molar-refractivity contribution in [1.29, 1.82) is 0 Å². The predicted molar refractivity (Wildman–Crippen MR) is 74.2 cm³/mol. The van der Waals surface area contributed by atoms with E-state index < -0.39 is 0 Å². The van der Waals surface area contributed by atoms with E-state index in [0.29, 0.717) is 22.6 Å². The molecule has 0 aliphatic rings. The Hall–Kier alpha value is -1.80. The molecule has 2 aromatic rings. The van der Waals surface area contributed by atoms with Crippen LogP contribution in [0.1, 0.15) is 13.3 Å². The highest BCUT2D eigenvalue weighted by Gasteiger charge is 2.07. The summed E-state index contributed by atoms with van der Waals surface area (Å²) in [6.07, 6.45) is 6.40. The molecule has 19 heavy (non-hydrogen) atoms. The number of nitrogens with zero attached hydrogens (tertiary/aromatic N) is 4. The Morgan fingerprint density at radius 3 is 3.00 bits per heavy atom. The summed E-state index contributed by atoms with van der Waals surface area (Å²) in [7, 11) is 0. The lowest BCUT2D eigenvalue weighted by atomic mass is 10.5. The van der Waals surface area contributed by atoms with Crippen LogP contribution in [0.4, 0.5) is 5.82 Å². The van der Waals surface area contributed by atoms with Crippen molar-refractivity contribution >= 4 is 17.6 Å². The number of thioether (sulfide) groups is 1. The van der Waals surface area contributed by atoms with Crippen LogP contribution in [0.15, 0.2) is 23.6 Å². The third-order valence-corrected chi connectivity index (χ3v) is 2.84. The molecule has 0 fully saturated rings. The molecule has 0 saturated heterocycles. The summed E-state index contributed by atoms with van der Waals surface area (Å²) in [6, 6.07) is 1.64. The van der Waals surface area contributed by atoms with Gasteiger partial charge >= 0.3 is 0 Å². The molecule has 0 atom stereocenters. The fourth-order valence-electron chi connectivity index (χ4n) is 1.49. The number of hydrogen-bond donors (Lipinski definition) is 2. The summed E-state index contributed by atoms with van der Waals surface area (Å²) in [4.78, 5) is 8.41. The number of anilines is 1. The summed E-state index contributed by atoms with van der Waals surface area (Å²) in [5.41, 5.74) is 2.49. The van der Waals surface area contributed by atoms with Crippen molar-refractivity contribution in [2.75, 3.05) is 11.7 Å². The smallest absolute Gasteiger partial charge is 0.225 e. The Morgan fingerprint density at radius 2 is 2.32 bits per heavy atom. The van der Waals surface area contributed by atoms with Gasteiger partial charge in [0.15, 0.2) is 10.9 Å². The minimum Gasteiger partial charge on any atom is -0.435 e. The lowest BCUT2D eigenvalue weighted by Gasteiger charge is -2.06. The molecular formula is C11H16N6OS. The van der Waals surface area contributed by atoms with Crippen molar-refractivity contribution in [2.45, 2.75) is 25.0 Å². The van der Waals surface area contributed by atoms with E-state index in [4.69, 9.17) is 10.6 Å². The monoisotopic (exact) mass is 280 g/mol. The maximum Gasteiger partial charge on any atom is 0.225 e. The van der Waals surface area contributed by atoms with Crippen LogP contribution in [-0.4, -0.2) is 26.0 Å². The molecule has 2 heterocycles. The first-order valence-corrected chi connectivity index (χ1v) is 7.07. The van der Waals surface area contributed by atoms with E-state index in [1.807, 2.05) is 17.1 Å². The fourth-order valence-corrected chi connectivity index (χ4v) is 1.86. The van der Waals surface area contributed by atoms with E-state index in [1.165, 1.54) is 11.8 Å². The normalized spacial score (nSPS) is 10.5. The highest BCUT2D eigenvalue weighted by Crippen LogP contribution is 2.23. The summed E-state index contributed by atoms with van der Waals surface area (Å²) in [6.45, 7) is 2.95. The van der Waals surface area contributed by atoms with Gasteiger partial charge in [-0.1, -0.05) is 18.7 Å². The molecule has 0 amide bonds. The summed E-state index contributed by atoms with van der Waals surface area (Å²) >= 11 is 1.42. The molecular weight excluding hydrogens is 264 g/mol. The SMILES string of the molecule is CCCn1cc(Oc2cc(NN)nc(SC)n2)cn1. The number of nitrogens with one attached hydrogen (secondary N) is 1. The van der Waals surface area contributed by atoms with Gasteiger partial charge in [0.25, 0.3) is 0 Å². The summed E-state index contributed by atoms with van der Waals surface area (Å²) in [5.74, 6) is 6.94. The van der Waals surface area contributed by atoms with Gasteiger partial charge in [-0.05, 0) is 12.7 Å². The van der Waals surface area contributed by atoms with Gasteiger partial charge in [0.2, 0.25) is 5.88 Å². The van der Waals surface area contributed by atoms with Gasteiger partial charge in [0.05, 0.1) is 12.4 Å². The van der Waals surface area contributed by atoms with Gasteiger partial charge in [-0.2, -0.15) is 10.1 Å². The second-order valence-corrected chi connectivity index (χ2v) is 4.54. The van der Waals surface area contributed by atoms with E-state index in [-0.39, 0.29) is 0 Å². The van der Waals surface area contributed by atoms with Gasteiger partial charge in [-0.3, -0.25) is 4.68 Å². The molecule has 0 radical (unpaired) electrons. The average Bonchev–Trinajstić information content (AvgIpc) is 2.86. The molecule has 0 aliphatic carbocycles. The zero-order chi connectivity index (χ0) is 13.7. The fraction of sp³-hybridized carbons (Fsp3) is 0.364. The Labute approximate surface area is 115 Å². The van der Waals surface area contributed by atoms with Crippen LogP contribution in [-0.2, 0) is 6.54 Å². The second-order valence-electron chi connectivity index (χ2n) is 3.76. The minimum absolute atomic E-state index is 0.434. The third-order valence-electron chi connectivity index (χ3n) is 2.30. The van der Waals surface area contributed by atoms with Crippen molar-refractivity contribution in [3.8, 4) is 11.6 Å². The minimum atomic E-state index is 0.434. The Morgan fingerprint density at radius 1 is 1.47 bits per heavy atom. The van der Waals surface area contributed by atoms with Crippen LogP contribution in [0.25, 0.3) is 0 Å². The molecule has 0 unspecified atom stereocenters. The molecule has 0 saturated carbocycles. The molecule has 2 aromatic heterocycles. The second kappa shape index (κ2) is 6.39. The van der Waals surface area contributed by atoms with Gasteiger partial charge in [-0.15, -0.1) is 0 Å². The maximum atomic E-state index is 5.65. The van der Waals surface area contributed by atoms with E-state index in [2.05, 4.69) is 27.4 Å². The standard InChI is InChI=1S/C11H16N6OS/c1-3-4-17-7-8(6-13-17)18-10-5-9(16-12)14-11(15-10)19-2/h5-7H,3-4,12H2,1-2H3,(H,14,15,16). The number of aromatic nitrogens is 4. The first kappa shape index (κ1) is 13.6. The molecule has 0 aromatic carbocycles. The number of hydrogen-bond acceptors (Lipinski definition) is 7. The third kappa shape index (κ3) is 3.58. The van der Waals surface area contributed by atoms with Crippen molar-refractivity contribution in [1.82, 2.24) is 19.7 Å². The molecule has 0 spiro atoms. The molecule has 0 bridgehead atoms. The van der Waals surface area contributed by atoms with Crippen LogP contribution >= 0.6 is 11.8 Å². The average molecular weight is 280 g/mol. The largest absolute Gasteiger partial charge is 0.435 e. The van der Waals surface area contributed by atoms with E-state index in [1.54, 1.807) is 12.3 Å². The highest BCUT2D eigenvalue weighted by molar-refractivity contribution is 7.98. The molecule has 102 valence electrons. The van der Waals surface area contributed by atoms with Gasteiger partial charge in [-0.25, -0.2) is 10.8 Å². The van der Waals surface area contributed by atoms with Gasteiger partial charge < -0.3 is 10.2 Å². The summed E-state index contributed by atoms with van der Waals surface area (Å²) < 4.78 is 7.47. The molecule has 2 rings (SSSR count). The topological polar surface area (TPSA) is 90.9 Å². The Balaban J connectivity index is 2.16. The summed E-state index contributed by atoms with van der Waals surface area (Å²) in [5, 5.41) is 4.78. The van der Waals surface area contributed by atoms with Crippen molar-refractivity contribution < 1.29 is 4.74 Å². The molecule has 7 nitrogen and oxygen atoms in total. The maximum absolute atomic E-state index is 5.65. The number of ether oxygens (including phenoxy) is 1. The lowest BCUT2D eigenvalue weighted by Crippen LogP contribution is -2.09. The molecule has 3 N–H and O–H groups in total. The number of aryl methyl sites for hydroxylation is 1. The molecule has 8 heteroatoms. The lowest BCUT2D eigenvalue weighted by molar-refractivity contribution is 0.454. The van der Waals surface area contributed by atoms with Crippen LogP contribution in [0, 0.1) is 0 Å². The van der Waals surface area contributed by atoms with E-state index in [9.17, 15) is 0 Å². The van der Waals surface area contributed by atoms with Crippen molar-refractivity contribution in [2.24, 2.45) is 5.84 Å². The number of nitrogens with two attached hydrogens (primary N) is 1. The number of hydrazine groups is 1. The van der Waals surface area contributed by atoms with Crippen LogP contribution in [0.2, 0.25) is 0 Å². The van der Waals surface area contributed by atoms with E-state index >= 15 is 0 Å². The predicted octanol–water partition coefficient (Wildman–Crippen LogP) is 1.88. The first-order valence-electron chi connectivity index (χ1n) is 5.85. The Bertz CT molecular complexity index is 521.